The van der Waals surface area contributed by atoms with Crippen molar-refractivity contribution in [1.29, 1.82) is 0 Å². The van der Waals surface area contributed by atoms with Crippen LogP contribution in [0.1, 0.15) is 13.3 Å². The zero-order chi connectivity index (χ0) is 13.4. The molecule has 4 N–H and O–H groups in total. The van der Waals surface area contributed by atoms with Gasteiger partial charge in [-0.15, -0.1) is 0 Å². The number of urea groups is 1. The van der Waals surface area contributed by atoms with Gasteiger partial charge in [-0.3, -0.25) is 0 Å². The van der Waals surface area contributed by atoms with Crippen molar-refractivity contribution in [2.24, 2.45) is 10.9 Å². The maximum Gasteiger partial charge on any atom is 0.322 e. The molecule has 6 heteroatoms. The summed E-state index contributed by atoms with van der Waals surface area (Å²) in [7, 11) is 0. The first-order valence-corrected chi connectivity index (χ1v) is 5.74. The zero-order valence-electron chi connectivity index (χ0n) is 10.3. The normalized spacial score (nSPS) is 11.1. The summed E-state index contributed by atoms with van der Waals surface area (Å²) in [6.07, 6.45) is 0.793. The summed E-state index contributed by atoms with van der Waals surface area (Å²) in [5, 5.41) is 14.2. The second-order valence-corrected chi connectivity index (χ2v) is 3.81. The molecular formula is C12H18N4O2. The van der Waals surface area contributed by atoms with Crippen molar-refractivity contribution >= 4 is 17.6 Å². The highest BCUT2D eigenvalue weighted by Crippen LogP contribution is 2.06. The Hall–Kier alpha value is -2.24. The molecule has 0 aliphatic rings. The van der Waals surface area contributed by atoms with Gasteiger partial charge in [0.25, 0.3) is 0 Å². The average molecular weight is 250 g/mol. The van der Waals surface area contributed by atoms with Gasteiger partial charge >= 0.3 is 6.03 Å². The van der Waals surface area contributed by atoms with Crippen LogP contribution in [0, 0.1) is 0 Å². The van der Waals surface area contributed by atoms with E-state index in [0.717, 1.165) is 6.42 Å². The first-order chi connectivity index (χ1) is 8.67. The number of anilines is 1. The van der Waals surface area contributed by atoms with Crippen LogP contribution >= 0.6 is 0 Å². The molecule has 0 unspecified atom stereocenters. The highest BCUT2D eigenvalue weighted by Gasteiger charge is 2.14. The van der Waals surface area contributed by atoms with Crippen molar-refractivity contribution in [3.8, 4) is 0 Å². The zero-order valence-corrected chi connectivity index (χ0v) is 10.3. The molecule has 0 heterocycles. The molecule has 1 aromatic carbocycles. The smallest absolute Gasteiger partial charge is 0.322 e. The Bertz CT molecular complexity index is 406. The molecule has 0 radical (unpaired) electrons. The fourth-order valence-electron chi connectivity index (χ4n) is 1.47. The van der Waals surface area contributed by atoms with Gasteiger partial charge in [-0.1, -0.05) is 30.3 Å². The minimum absolute atomic E-state index is 0.00617. The fraction of sp³-hybridized carbons (Fsp3) is 0.333. The van der Waals surface area contributed by atoms with Crippen LogP contribution in [0.2, 0.25) is 0 Å². The van der Waals surface area contributed by atoms with Crippen LogP contribution in [0.3, 0.4) is 0 Å². The quantitative estimate of drug-likeness (QED) is 0.321. The molecule has 0 saturated carbocycles. The van der Waals surface area contributed by atoms with Gasteiger partial charge in [-0.05, 0) is 18.6 Å². The molecule has 18 heavy (non-hydrogen) atoms. The molecule has 0 aliphatic heterocycles. The molecule has 1 aromatic rings. The number of nitrogens with two attached hydrogens (primary N) is 1. The highest BCUT2D eigenvalue weighted by atomic mass is 16.4. The molecule has 0 atom stereocenters. The number of oxime groups is 1. The number of amidine groups is 1. The number of amides is 2. The van der Waals surface area contributed by atoms with Gasteiger partial charge in [0.2, 0.25) is 0 Å². The van der Waals surface area contributed by atoms with Gasteiger partial charge in [0.05, 0.1) is 6.54 Å². The number of nitrogens with one attached hydrogen (secondary N) is 1. The third kappa shape index (κ3) is 4.32. The SMILES string of the molecule is CCCN(CC(N)=NO)C(=O)Nc1ccccc1. The monoisotopic (exact) mass is 250 g/mol. The lowest BCUT2D eigenvalue weighted by Crippen LogP contribution is -2.41. The maximum atomic E-state index is 12.0. The topological polar surface area (TPSA) is 90.9 Å². The fourth-order valence-corrected chi connectivity index (χ4v) is 1.47. The number of nitrogens with zero attached hydrogens (tertiary/aromatic N) is 2. The van der Waals surface area contributed by atoms with Crippen molar-refractivity contribution in [2.45, 2.75) is 13.3 Å². The summed E-state index contributed by atoms with van der Waals surface area (Å²) >= 11 is 0. The van der Waals surface area contributed by atoms with E-state index >= 15 is 0 Å². The maximum absolute atomic E-state index is 12.0. The van der Waals surface area contributed by atoms with Crippen LogP contribution in [0.4, 0.5) is 10.5 Å². The Labute approximate surface area is 106 Å². The van der Waals surface area contributed by atoms with E-state index in [2.05, 4.69) is 10.5 Å². The number of rotatable bonds is 5. The minimum Gasteiger partial charge on any atom is -0.409 e. The number of benzene rings is 1. The summed E-state index contributed by atoms with van der Waals surface area (Å²) in [5.41, 5.74) is 6.12. The molecule has 0 spiro atoms. The molecule has 0 saturated heterocycles. The van der Waals surface area contributed by atoms with Crippen molar-refractivity contribution in [3.63, 3.8) is 0 Å². The van der Waals surface area contributed by atoms with E-state index in [9.17, 15) is 4.79 Å². The van der Waals surface area contributed by atoms with Crippen LogP contribution < -0.4 is 11.1 Å². The molecule has 98 valence electrons. The van der Waals surface area contributed by atoms with Gasteiger partial charge in [-0.25, -0.2) is 4.79 Å². The molecule has 0 bridgehead atoms. The van der Waals surface area contributed by atoms with Gasteiger partial charge in [0.15, 0.2) is 5.84 Å². The largest absolute Gasteiger partial charge is 0.409 e. The lowest BCUT2D eigenvalue weighted by Gasteiger charge is -2.21. The summed E-state index contributed by atoms with van der Waals surface area (Å²) in [6.45, 7) is 2.59. The molecule has 6 nitrogen and oxygen atoms in total. The van der Waals surface area contributed by atoms with E-state index in [1.807, 2.05) is 25.1 Å². The molecule has 0 aliphatic carbocycles. The van der Waals surface area contributed by atoms with E-state index in [1.165, 1.54) is 4.90 Å². The Morgan fingerprint density at radius 2 is 2.11 bits per heavy atom. The van der Waals surface area contributed by atoms with Gasteiger partial charge in [0.1, 0.15) is 0 Å². The van der Waals surface area contributed by atoms with Crippen LogP contribution in [0.25, 0.3) is 0 Å². The third-order valence-electron chi connectivity index (χ3n) is 2.29. The highest BCUT2D eigenvalue weighted by molar-refractivity contribution is 5.93. The minimum atomic E-state index is -0.269. The van der Waals surface area contributed by atoms with Crippen molar-refractivity contribution in [1.82, 2.24) is 4.90 Å². The Kier molecular flexibility index (Phi) is 5.50. The molecular weight excluding hydrogens is 232 g/mol. The number of carbonyl (C=O) groups excluding carboxylic acids is 1. The van der Waals surface area contributed by atoms with E-state index < -0.39 is 0 Å². The van der Waals surface area contributed by atoms with Crippen LogP contribution in [-0.2, 0) is 0 Å². The van der Waals surface area contributed by atoms with Gasteiger partial charge in [0, 0.05) is 12.2 Å². The summed E-state index contributed by atoms with van der Waals surface area (Å²) in [5.74, 6) is 0.00617. The van der Waals surface area contributed by atoms with Gasteiger partial charge < -0.3 is 21.2 Å². The predicted octanol–water partition coefficient (Wildman–Crippen LogP) is 1.68. The first-order valence-electron chi connectivity index (χ1n) is 5.74. The van der Waals surface area contributed by atoms with Gasteiger partial charge in [-0.2, -0.15) is 0 Å². The predicted molar refractivity (Wildman–Crippen MR) is 70.7 cm³/mol. The van der Waals surface area contributed by atoms with E-state index in [4.69, 9.17) is 10.9 Å². The van der Waals surface area contributed by atoms with Crippen LogP contribution in [-0.4, -0.2) is 35.1 Å². The van der Waals surface area contributed by atoms with Crippen molar-refractivity contribution < 1.29 is 10.0 Å². The molecule has 0 fully saturated rings. The Morgan fingerprint density at radius 3 is 2.67 bits per heavy atom. The number of carbonyl (C=O) groups is 1. The number of hydrogen-bond acceptors (Lipinski definition) is 3. The lowest BCUT2D eigenvalue weighted by atomic mass is 10.3. The number of para-hydroxylation sites is 1. The van der Waals surface area contributed by atoms with E-state index in [-0.39, 0.29) is 18.4 Å². The second-order valence-electron chi connectivity index (χ2n) is 3.81. The average Bonchev–Trinajstić information content (AvgIpc) is 2.39. The summed E-state index contributed by atoms with van der Waals surface area (Å²) in [4.78, 5) is 13.5. The Balaban J connectivity index is 2.65. The third-order valence-corrected chi connectivity index (χ3v) is 2.29. The standard InChI is InChI=1S/C12H18N4O2/c1-2-8-16(9-11(13)15-18)12(17)14-10-6-4-3-5-7-10/h3-7,18H,2,8-9H2,1H3,(H2,13,15)(H,14,17). The van der Waals surface area contributed by atoms with Crippen LogP contribution in [0.15, 0.2) is 35.5 Å². The lowest BCUT2D eigenvalue weighted by molar-refractivity contribution is 0.218. The van der Waals surface area contributed by atoms with Crippen molar-refractivity contribution in [2.75, 3.05) is 18.4 Å². The second kappa shape index (κ2) is 7.16. The molecule has 2 amide bonds. The van der Waals surface area contributed by atoms with E-state index in [0.29, 0.717) is 12.2 Å². The van der Waals surface area contributed by atoms with Crippen LogP contribution in [0.5, 0.6) is 0 Å². The first kappa shape index (κ1) is 13.8. The summed E-state index contributed by atoms with van der Waals surface area (Å²) < 4.78 is 0. The number of hydrogen-bond donors (Lipinski definition) is 3. The van der Waals surface area contributed by atoms with E-state index in [1.54, 1.807) is 12.1 Å². The Morgan fingerprint density at radius 1 is 1.44 bits per heavy atom. The molecule has 0 aromatic heterocycles. The molecule has 1 rings (SSSR count). The van der Waals surface area contributed by atoms with Crippen molar-refractivity contribution in [3.05, 3.63) is 30.3 Å². The summed E-state index contributed by atoms with van der Waals surface area (Å²) in [6, 6.07) is 8.87.